The highest BCUT2D eigenvalue weighted by atomic mass is 16.5. The van der Waals surface area contributed by atoms with Crippen molar-refractivity contribution in [3.05, 3.63) is 17.8 Å². The summed E-state index contributed by atoms with van der Waals surface area (Å²) in [7, 11) is 1.35. The fourth-order valence-corrected chi connectivity index (χ4v) is 2.55. The van der Waals surface area contributed by atoms with Crippen molar-refractivity contribution in [2.45, 2.75) is 38.6 Å². The number of nitrogen functional groups attached to an aromatic ring is 1. The van der Waals surface area contributed by atoms with Gasteiger partial charge in [0.15, 0.2) is 0 Å². The Morgan fingerprint density at radius 1 is 1.47 bits per heavy atom. The fourth-order valence-electron chi connectivity index (χ4n) is 2.55. The molecule has 0 spiro atoms. The summed E-state index contributed by atoms with van der Waals surface area (Å²) in [6.07, 6.45) is 6.40. The second kappa shape index (κ2) is 5.91. The first kappa shape index (κ1) is 13.6. The van der Waals surface area contributed by atoms with Crippen LogP contribution in [-0.2, 0) is 4.74 Å². The molecule has 0 bridgehead atoms. The molecule has 1 saturated carbocycles. The van der Waals surface area contributed by atoms with Gasteiger partial charge in [-0.25, -0.2) is 9.78 Å². The number of carbonyl (C=O) groups is 1. The van der Waals surface area contributed by atoms with Gasteiger partial charge in [-0.1, -0.05) is 19.8 Å². The van der Waals surface area contributed by atoms with Gasteiger partial charge in [0.05, 0.1) is 24.6 Å². The van der Waals surface area contributed by atoms with Crippen LogP contribution in [0.1, 0.15) is 43.0 Å². The molecular formula is C14H21N3O2. The fraction of sp³-hybridized carbons (Fsp3) is 0.571. The number of methoxy groups -OCH3 is 1. The molecule has 1 fully saturated rings. The van der Waals surface area contributed by atoms with Gasteiger partial charge in [0.2, 0.25) is 0 Å². The normalized spacial score (nSPS) is 22.8. The van der Waals surface area contributed by atoms with Gasteiger partial charge in [-0.3, -0.25) is 0 Å². The summed E-state index contributed by atoms with van der Waals surface area (Å²) in [5, 5.41) is 3.40. The smallest absolute Gasteiger partial charge is 0.340 e. The summed E-state index contributed by atoms with van der Waals surface area (Å²) >= 11 is 0. The van der Waals surface area contributed by atoms with E-state index in [1.807, 2.05) is 0 Å². The van der Waals surface area contributed by atoms with Gasteiger partial charge in [0.25, 0.3) is 0 Å². The van der Waals surface area contributed by atoms with E-state index in [0.717, 1.165) is 6.42 Å². The predicted octanol–water partition coefficient (Wildman–Crippen LogP) is 2.44. The zero-order valence-corrected chi connectivity index (χ0v) is 11.5. The van der Waals surface area contributed by atoms with Crippen LogP contribution in [0.25, 0.3) is 0 Å². The van der Waals surface area contributed by atoms with E-state index >= 15 is 0 Å². The number of anilines is 2. The molecule has 2 unspecified atom stereocenters. The maximum Gasteiger partial charge on any atom is 0.340 e. The van der Waals surface area contributed by atoms with E-state index in [9.17, 15) is 4.79 Å². The summed E-state index contributed by atoms with van der Waals surface area (Å²) in [4.78, 5) is 15.8. The Kier molecular flexibility index (Phi) is 4.24. The third-order valence-corrected chi connectivity index (χ3v) is 3.78. The molecule has 0 saturated heterocycles. The van der Waals surface area contributed by atoms with Gasteiger partial charge in [-0.2, -0.15) is 0 Å². The molecule has 104 valence electrons. The third-order valence-electron chi connectivity index (χ3n) is 3.78. The minimum absolute atomic E-state index is 0.342. The number of hydrogen-bond donors (Lipinski definition) is 2. The quantitative estimate of drug-likeness (QED) is 0.819. The topological polar surface area (TPSA) is 77.2 Å². The zero-order valence-electron chi connectivity index (χ0n) is 11.5. The lowest BCUT2D eigenvalue weighted by atomic mass is 9.86. The molecule has 2 atom stereocenters. The van der Waals surface area contributed by atoms with E-state index in [4.69, 9.17) is 10.5 Å². The number of pyridine rings is 1. The van der Waals surface area contributed by atoms with E-state index in [1.54, 1.807) is 6.07 Å². The molecule has 1 heterocycles. The Labute approximate surface area is 113 Å². The summed E-state index contributed by atoms with van der Waals surface area (Å²) < 4.78 is 4.71. The lowest BCUT2D eigenvalue weighted by molar-refractivity contribution is 0.0602. The molecule has 0 radical (unpaired) electrons. The van der Waals surface area contributed by atoms with Crippen molar-refractivity contribution >= 4 is 17.5 Å². The molecule has 1 aromatic rings. The monoisotopic (exact) mass is 263 g/mol. The minimum atomic E-state index is -0.431. The van der Waals surface area contributed by atoms with Gasteiger partial charge in [-0.15, -0.1) is 0 Å². The van der Waals surface area contributed by atoms with Crippen molar-refractivity contribution in [2.24, 2.45) is 5.92 Å². The standard InChI is InChI=1S/C14H21N3O2/c1-9-5-3-4-6-12(9)17-13-7-10(14(18)19-2)11(15)8-16-13/h7-9,12H,3-6,15H2,1-2H3,(H,16,17). The molecule has 0 aliphatic heterocycles. The zero-order chi connectivity index (χ0) is 13.8. The summed E-state index contributed by atoms with van der Waals surface area (Å²) in [6, 6.07) is 2.08. The highest BCUT2D eigenvalue weighted by Crippen LogP contribution is 2.27. The predicted molar refractivity (Wildman–Crippen MR) is 75.0 cm³/mol. The lowest BCUT2D eigenvalue weighted by Gasteiger charge is -2.30. The number of rotatable bonds is 3. The second-order valence-corrected chi connectivity index (χ2v) is 5.16. The SMILES string of the molecule is COC(=O)c1cc(NC2CCCCC2C)ncc1N. The molecule has 0 aromatic carbocycles. The van der Waals surface area contributed by atoms with Crippen molar-refractivity contribution in [1.82, 2.24) is 4.98 Å². The van der Waals surface area contributed by atoms with E-state index in [1.165, 1.54) is 32.6 Å². The number of ether oxygens (including phenoxy) is 1. The molecule has 1 aliphatic carbocycles. The first-order valence-electron chi connectivity index (χ1n) is 6.72. The molecule has 1 aliphatic rings. The van der Waals surface area contributed by atoms with Crippen LogP contribution in [0.15, 0.2) is 12.3 Å². The van der Waals surface area contributed by atoms with Crippen LogP contribution in [0.2, 0.25) is 0 Å². The van der Waals surface area contributed by atoms with Crippen LogP contribution in [-0.4, -0.2) is 24.1 Å². The van der Waals surface area contributed by atoms with E-state index < -0.39 is 5.97 Å². The number of nitrogens with two attached hydrogens (primary N) is 1. The minimum Gasteiger partial charge on any atom is -0.465 e. The Morgan fingerprint density at radius 2 is 2.21 bits per heavy atom. The van der Waals surface area contributed by atoms with Gasteiger partial charge in [0.1, 0.15) is 5.82 Å². The first-order valence-corrected chi connectivity index (χ1v) is 6.72. The molecule has 5 nitrogen and oxygen atoms in total. The van der Waals surface area contributed by atoms with Crippen LogP contribution in [0.4, 0.5) is 11.5 Å². The molecule has 0 amide bonds. The second-order valence-electron chi connectivity index (χ2n) is 5.16. The van der Waals surface area contributed by atoms with Crippen LogP contribution in [0.5, 0.6) is 0 Å². The number of esters is 1. The van der Waals surface area contributed by atoms with E-state index in [0.29, 0.717) is 29.0 Å². The van der Waals surface area contributed by atoms with Crippen molar-refractivity contribution in [1.29, 1.82) is 0 Å². The number of nitrogens with zero attached hydrogens (tertiary/aromatic N) is 1. The number of nitrogens with one attached hydrogen (secondary N) is 1. The van der Waals surface area contributed by atoms with Gasteiger partial charge in [-0.05, 0) is 24.8 Å². The van der Waals surface area contributed by atoms with Crippen LogP contribution in [0.3, 0.4) is 0 Å². The Bertz CT molecular complexity index is 462. The molecular weight excluding hydrogens is 242 g/mol. The summed E-state index contributed by atoms with van der Waals surface area (Å²) in [5.74, 6) is 0.877. The molecule has 19 heavy (non-hydrogen) atoms. The molecule has 2 rings (SSSR count). The highest BCUT2D eigenvalue weighted by molar-refractivity contribution is 5.95. The Hall–Kier alpha value is -1.78. The number of aromatic nitrogens is 1. The van der Waals surface area contributed by atoms with Crippen molar-refractivity contribution in [2.75, 3.05) is 18.2 Å². The lowest BCUT2D eigenvalue weighted by Crippen LogP contribution is -2.30. The van der Waals surface area contributed by atoms with Gasteiger partial charge < -0.3 is 15.8 Å². The number of carbonyl (C=O) groups excluding carboxylic acids is 1. The van der Waals surface area contributed by atoms with Crippen LogP contribution >= 0.6 is 0 Å². The van der Waals surface area contributed by atoms with Crippen LogP contribution < -0.4 is 11.1 Å². The maximum absolute atomic E-state index is 11.6. The third kappa shape index (κ3) is 3.16. The molecule has 5 heteroatoms. The molecule has 3 N–H and O–H groups in total. The van der Waals surface area contributed by atoms with Crippen LogP contribution in [0, 0.1) is 5.92 Å². The summed E-state index contributed by atoms with van der Waals surface area (Å²) in [5.41, 5.74) is 6.44. The highest BCUT2D eigenvalue weighted by Gasteiger charge is 2.22. The average molecular weight is 263 g/mol. The van der Waals surface area contributed by atoms with E-state index in [2.05, 4.69) is 17.2 Å². The Morgan fingerprint density at radius 3 is 2.89 bits per heavy atom. The maximum atomic E-state index is 11.6. The number of hydrogen-bond acceptors (Lipinski definition) is 5. The first-order chi connectivity index (χ1) is 9.11. The average Bonchev–Trinajstić information content (AvgIpc) is 2.42. The summed E-state index contributed by atoms with van der Waals surface area (Å²) in [6.45, 7) is 2.25. The van der Waals surface area contributed by atoms with Gasteiger partial charge in [0, 0.05) is 6.04 Å². The molecule has 1 aromatic heterocycles. The van der Waals surface area contributed by atoms with Crippen molar-refractivity contribution in [3.8, 4) is 0 Å². The van der Waals surface area contributed by atoms with E-state index in [-0.39, 0.29) is 0 Å². The largest absolute Gasteiger partial charge is 0.465 e. The van der Waals surface area contributed by atoms with Crippen molar-refractivity contribution < 1.29 is 9.53 Å². The van der Waals surface area contributed by atoms with Crippen molar-refractivity contribution in [3.63, 3.8) is 0 Å². The Balaban J connectivity index is 2.14. The van der Waals surface area contributed by atoms with Gasteiger partial charge >= 0.3 is 5.97 Å².